The van der Waals surface area contributed by atoms with Crippen molar-refractivity contribution in [3.63, 3.8) is 0 Å². The molecule has 2 aliphatic heterocycles. The van der Waals surface area contributed by atoms with E-state index in [0.717, 1.165) is 64.1 Å². The van der Waals surface area contributed by atoms with Gasteiger partial charge in [0.05, 0.1) is 6.61 Å². The predicted molar refractivity (Wildman–Crippen MR) is 94.3 cm³/mol. The number of rotatable bonds is 8. The third-order valence-corrected chi connectivity index (χ3v) is 5.77. The van der Waals surface area contributed by atoms with Gasteiger partial charge in [-0.2, -0.15) is 0 Å². The molecule has 140 valence electrons. The molecule has 0 bridgehead atoms. The molecule has 0 saturated carbocycles. The summed E-state index contributed by atoms with van der Waals surface area (Å²) in [7, 11) is 0. The van der Waals surface area contributed by atoms with Gasteiger partial charge in [-0.25, -0.2) is 0 Å². The number of allylic oxidation sites excluding steroid dienone is 2. The Bertz CT molecular complexity index is 526. The average Bonchev–Trinajstić information content (AvgIpc) is 3.27. The number of aliphatic carboxylic acids is 1. The first-order valence-electron chi connectivity index (χ1n) is 9.48. The van der Waals surface area contributed by atoms with Crippen molar-refractivity contribution >= 4 is 5.97 Å². The largest absolute Gasteiger partial charge is 0.481 e. The van der Waals surface area contributed by atoms with E-state index in [1.54, 1.807) is 0 Å². The summed E-state index contributed by atoms with van der Waals surface area (Å²) in [5.41, 5.74) is 2.11. The van der Waals surface area contributed by atoms with E-state index in [9.17, 15) is 15.0 Å². The molecule has 2 heterocycles. The lowest BCUT2D eigenvalue weighted by atomic mass is 9.67. The zero-order valence-electron chi connectivity index (χ0n) is 14.9. The summed E-state index contributed by atoms with van der Waals surface area (Å²) < 4.78 is 11.0. The van der Waals surface area contributed by atoms with Gasteiger partial charge in [0.25, 0.3) is 0 Å². The van der Waals surface area contributed by atoms with Gasteiger partial charge in [-0.05, 0) is 61.3 Å². The van der Waals surface area contributed by atoms with Gasteiger partial charge in [-0.15, -0.1) is 0 Å². The Labute approximate surface area is 149 Å². The molecule has 3 atom stereocenters. The second-order valence-corrected chi connectivity index (χ2v) is 7.98. The topological polar surface area (TPSA) is 76.0 Å². The minimum Gasteiger partial charge on any atom is -0.481 e. The van der Waals surface area contributed by atoms with Gasteiger partial charge in [-0.1, -0.05) is 17.7 Å². The second kappa shape index (κ2) is 8.47. The molecule has 0 spiro atoms. The van der Waals surface area contributed by atoms with E-state index in [2.05, 4.69) is 12.2 Å². The lowest BCUT2D eigenvalue weighted by Crippen LogP contribution is -2.28. The molecule has 0 radical (unpaired) electrons. The first-order valence-corrected chi connectivity index (χ1v) is 9.48. The Morgan fingerprint density at radius 3 is 2.52 bits per heavy atom. The summed E-state index contributed by atoms with van der Waals surface area (Å²) in [6.45, 7) is 3.24. The summed E-state index contributed by atoms with van der Waals surface area (Å²) >= 11 is 0. The number of carbonyl (C=O) groups is 1. The normalized spacial score (nSPS) is 32.5. The fourth-order valence-corrected chi connectivity index (χ4v) is 4.66. The zero-order chi connectivity index (χ0) is 17.7. The maximum atomic E-state index is 11.2. The van der Waals surface area contributed by atoms with Crippen LogP contribution in [0.2, 0.25) is 0 Å². The van der Waals surface area contributed by atoms with E-state index in [1.165, 1.54) is 5.57 Å². The summed E-state index contributed by atoms with van der Waals surface area (Å²) in [6, 6.07) is 0. The van der Waals surface area contributed by atoms with Crippen molar-refractivity contribution in [3.8, 4) is 0 Å². The number of aliphatic hydroxyl groups is 1. The van der Waals surface area contributed by atoms with Crippen molar-refractivity contribution in [2.75, 3.05) is 33.0 Å². The fourth-order valence-electron chi connectivity index (χ4n) is 4.66. The molecular formula is C20H30O5. The minimum absolute atomic E-state index is 0.0145. The Kier molecular flexibility index (Phi) is 6.31. The monoisotopic (exact) mass is 350 g/mol. The molecule has 1 aliphatic carbocycles. The predicted octanol–water partition coefficient (Wildman–Crippen LogP) is 2.94. The maximum Gasteiger partial charge on any atom is 0.303 e. The van der Waals surface area contributed by atoms with Crippen LogP contribution in [0, 0.1) is 17.3 Å². The third kappa shape index (κ3) is 5.16. The SMILES string of the molecule is O=C(O)CCC1(CC2CCOC2)C=C(CO)C=C(CC2CCOC2)C1. The summed E-state index contributed by atoms with van der Waals surface area (Å²) in [4.78, 5) is 11.2. The number of hydrogen-bond acceptors (Lipinski definition) is 4. The van der Waals surface area contributed by atoms with Crippen LogP contribution < -0.4 is 0 Å². The van der Waals surface area contributed by atoms with Crippen molar-refractivity contribution < 1.29 is 24.5 Å². The lowest BCUT2D eigenvalue weighted by Gasteiger charge is -2.37. The maximum absolute atomic E-state index is 11.2. The molecule has 0 aromatic rings. The van der Waals surface area contributed by atoms with Crippen molar-refractivity contribution in [3.05, 3.63) is 23.3 Å². The van der Waals surface area contributed by atoms with Crippen LogP contribution in [-0.4, -0.2) is 49.2 Å². The van der Waals surface area contributed by atoms with Crippen LogP contribution in [0.15, 0.2) is 23.3 Å². The molecule has 3 unspecified atom stereocenters. The van der Waals surface area contributed by atoms with Crippen molar-refractivity contribution in [1.82, 2.24) is 0 Å². The number of carboxylic acids is 1. The molecule has 0 aromatic carbocycles. The molecule has 3 rings (SSSR count). The number of hydrogen-bond donors (Lipinski definition) is 2. The second-order valence-electron chi connectivity index (χ2n) is 7.98. The van der Waals surface area contributed by atoms with E-state index < -0.39 is 5.97 Å². The molecule has 2 fully saturated rings. The highest BCUT2D eigenvalue weighted by atomic mass is 16.5. The van der Waals surface area contributed by atoms with Crippen molar-refractivity contribution in [2.45, 2.75) is 44.9 Å². The Balaban J connectivity index is 1.77. The summed E-state index contributed by atoms with van der Waals surface area (Å²) in [6.07, 6.45) is 10.1. The van der Waals surface area contributed by atoms with Crippen LogP contribution in [0.4, 0.5) is 0 Å². The van der Waals surface area contributed by atoms with Gasteiger partial charge in [0, 0.05) is 32.8 Å². The molecule has 25 heavy (non-hydrogen) atoms. The third-order valence-electron chi connectivity index (χ3n) is 5.77. The Hall–Kier alpha value is -1.17. The Morgan fingerprint density at radius 2 is 1.92 bits per heavy atom. The molecule has 5 nitrogen and oxygen atoms in total. The van der Waals surface area contributed by atoms with Crippen LogP contribution >= 0.6 is 0 Å². The average molecular weight is 350 g/mol. The molecule has 0 aromatic heterocycles. The number of ether oxygens (including phenoxy) is 2. The molecule has 2 saturated heterocycles. The molecule has 3 aliphatic rings. The molecule has 0 amide bonds. The van der Waals surface area contributed by atoms with Crippen LogP contribution in [0.25, 0.3) is 0 Å². The fraction of sp³-hybridized carbons (Fsp3) is 0.750. The van der Waals surface area contributed by atoms with E-state index in [1.807, 2.05) is 0 Å². The van der Waals surface area contributed by atoms with Gasteiger partial charge in [-0.3, -0.25) is 4.79 Å². The summed E-state index contributed by atoms with van der Waals surface area (Å²) in [5.74, 6) is 0.289. The highest BCUT2D eigenvalue weighted by molar-refractivity contribution is 5.66. The summed E-state index contributed by atoms with van der Waals surface area (Å²) in [5, 5.41) is 19.0. The Morgan fingerprint density at radius 1 is 1.20 bits per heavy atom. The van der Waals surface area contributed by atoms with Crippen LogP contribution in [0.5, 0.6) is 0 Å². The minimum atomic E-state index is -0.749. The molecular weight excluding hydrogens is 320 g/mol. The highest BCUT2D eigenvalue weighted by Crippen LogP contribution is 2.46. The quantitative estimate of drug-likeness (QED) is 0.704. The molecule has 5 heteroatoms. The van der Waals surface area contributed by atoms with Gasteiger partial charge in [0.2, 0.25) is 0 Å². The number of carboxylic acid groups (broad SMARTS) is 1. The highest BCUT2D eigenvalue weighted by Gasteiger charge is 2.36. The van der Waals surface area contributed by atoms with E-state index in [-0.39, 0.29) is 18.4 Å². The van der Waals surface area contributed by atoms with Gasteiger partial charge < -0.3 is 19.7 Å². The van der Waals surface area contributed by atoms with Crippen LogP contribution in [0.1, 0.15) is 44.9 Å². The van der Waals surface area contributed by atoms with E-state index in [0.29, 0.717) is 18.3 Å². The van der Waals surface area contributed by atoms with Crippen LogP contribution in [0.3, 0.4) is 0 Å². The number of aliphatic hydroxyl groups excluding tert-OH is 1. The van der Waals surface area contributed by atoms with Gasteiger partial charge in [0.1, 0.15) is 0 Å². The lowest BCUT2D eigenvalue weighted by molar-refractivity contribution is -0.137. The standard InChI is InChI=1S/C20H30O5/c21-12-18-8-17(7-15-2-5-24-13-15)10-20(11-18,4-1-19(22)23)9-16-3-6-25-14-16/h8,11,15-16,21H,1-7,9-10,12-14H2,(H,22,23). The van der Waals surface area contributed by atoms with Gasteiger partial charge >= 0.3 is 5.97 Å². The zero-order valence-corrected chi connectivity index (χ0v) is 14.9. The van der Waals surface area contributed by atoms with E-state index in [4.69, 9.17) is 9.47 Å². The van der Waals surface area contributed by atoms with E-state index >= 15 is 0 Å². The smallest absolute Gasteiger partial charge is 0.303 e. The first kappa shape index (κ1) is 18.6. The van der Waals surface area contributed by atoms with Crippen molar-refractivity contribution in [1.29, 1.82) is 0 Å². The van der Waals surface area contributed by atoms with Crippen molar-refractivity contribution in [2.24, 2.45) is 17.3 Å². The van der Waals surface area contributed by atoms with Crippen LogP contribution in [-0.2, 0) is 14.3 Å². The first-order chi connectivity index (χ1) is 12.1. The van der Waals surface area contributed by atoms with Gasteiger partial charge in [0.15, 0.2) is 0 Å². The molecule has 2 N–H and O–H groups in total.